The van der Waals surface area contributed by atoms with E-state index in [0.29, 0.717) is 29.2 Å². The van der Waals surface area contributed by atoms with Crippen molar-refractivity contribution >= 4 is 40.6 Å². The highest BCUT2D eigenvalue weighted by Crippen LogP contribution is 2.40. The highest BCUT2D eigenvalue weighted by molar-refractivity contribution is 7.99. The molecule has 9 heteroatoms. The Morgan fingerprint density at radius 3 is 2.91 bits per heavy atom. The molecule has 1 aliphatic carbocycles. The number of fused-ring (bicyclic) bond motifs is 1. The molecule has 0 saturated heterocycles. The van der Waals surface area contributed by atoms with Gasteiger partial charge in [0.1, 0.15) is 12.4 Å². The van der Waals surface area contributed by atoms with Crippen molar-refractivity contribution < 1.29 is 9.53 Å². The average Bonchev–Trinajstić information content (AvgIpc) is 3.38. The molecular formula is C23H25ClN4O2S2. The predicted octanol–water partition coefficient (Wildman–Crippen LogP) is 5.54. The number of aromatic nitrogens is 3. The number of ether oxygens (including phenoxy) is 1. The third kappa shape index (κ3) is 4.40. The average molecular weight is 489 g/mol. The Morgan fingerprint density at radius 1 is 1.28 bits per heavy atom. The summed E-state index contributed by atoms with van der Waals surface area (Å²) in [5, 5.41) is 12.3. The van der Waals surface area contributed by atoms with Gasteiger partial charge in [0.15, 0.2) is 11.0 Å². The van der Waals surface area contributed by atoms with Gasteiger partial charge in [-0.3, -0.25) is 9.36 Å². The fourth-order valence-corrected chi connectivity index (χ4v) is 6.28. The first-order valence-corrected chi connectivity index (χ1v) is 13.2. The van der Waals surface area contributed by atoms with Crippen LogP contribution < -0.4 is 4.74 Å². The van der Waals surface area contributed by atoms with E-state index in [9.17, 15) is 4.79 Å². The third-order valence-electron chi connectivity index (χ3n) is 5.97. The van der Waals surface area contributed by atoms with Crippen LogP contribution in [0.1, 0.15) is 54.5 Å². The Labute approximate surface area is 200 Å². The van der Waals surface area contributed by atoms with Crippen molar-refractivity contribution in [2.24, 2.45) is 0 Å². The Morgan fingerprint density at radius 2 is 2.12 bits per heavy atom. The fourth-order valence-electron chi connectivity index (χ4n) is 4.25. The molecule has 2 aliphatic rings. The summed E-state index contributed by atoms with van der Waals surface area (Å²) in [6.45, 7) is 3.24. The van der Waals surface area contributed by atoms with Crippen molar-refractivity contribution in [1.29, 1.82) is 0 Å². The van der Waals surface area contributed by atoms with Gasteiger partial charge in [-0.1, -0.05) is 42.4 Å². The van der Waals surface area contributed by atoms with E-state index < -0.39 is 0 Å². The zero-order valence-corrected chi connectivity index (χ0v) is 20.3. The monoisotopic (exact) mass is 488 g/mol. The lowest BCUT2D eigenvalue weighted by atomic mass is 9.98. The minimum Gasteiger partial charge on any atom is -0.484 e. The third-order valence-corrected chi connectivity index (χ3v) is 8.20. The lowest BCUT2D eigenvalue weighted by Gasteiger charge is -2.35. The van der Waals surface area contributed by atoms with Crippen molar-refractivity contribution in [1.82, 2.24) is 19.7 Å². The van der Waals surface area contributed by atoms with Gasteiger partial charge in [0.05, 0.1) is 16.8 Å². The van der Waals surface area contributed by atoms with Gasteiger partial charge in [-0.05, 0) is 54.8 Å². The van der Waals surface area contributed by atoms with E-state index in [-0.39, 0.29) is 11.9 Å². The molecule has 6 nitrogen and oxygen atoms in total. The molecule has 1 unspecified atom stereocenters. The molecule has 0 bridgehead atoms. The van der Waals surface area contributed by atoms with Crippen molar-refractivity contribution in [3.8, 4) is 5.75 Å². The van der Waals surface area contributed by atoms with Gasteiger partial charge in [-0.15, -0.1) is 21.5 Å². The zero-order chi connectivity index (χ0) is 22.1. The summed E-state index contributed by atoms with van der Waals surface area (Å²) >= 11 is 9.48. The summed E-state index contributed by atoms with van der Waals surface area (Å²) in [5.74, 6) is 1.94. The van der Waals surface area contributed by atoms with Crippen molar-refractivity contribution in [2.45, 2.75) is 56.5 Å². The van der Waals surface area contributed by atoms with Crippen LogP contribution in [-0.2, 0) is 17.8 Å². The predicted molar refractivity (Wildman–Crippen MR) is 128 cm³/mol. The molecule has 1 amide bonds. The number of halogens is 1. The summed E-state index contributed by atoms with van der Waals surface area (Å²) in [4.78, 5) is 16.6. The van der Waals surface area contributed by atoms with Crippen molar-refractivity contribution in [3.05, 3.63) is 57.0 Å². The van der Waals surface area contributed by atoms with E-state index in [4.69, 9.17) is 16.3 Å². The molecule has 3 heterocycles. The molecule has 1 aliphatic heterocycles. The maximum Gasteiger partial charge on any atom is 0.233 e. The second-order valence-corrected chi connectivity index (χ2v) is 10.4. The van der Waals surface area contributed by atoms with Crippen molar-refractivity contribution in [3.63, 3.8) is 0 Å². The van der Waals surface area contributed by atoms with Crippen LogP contribution >= 0.6 is 34.7 Å². The van der Waals surface area contributed by atoms with Gasteiger partial charge in [-0.25, -0.2) is 0 Å². The van der Waals surface area contributed by atoms with E-state index in [1.165, 1.54) is 22.2 Å². The molecule has 0 N–H and O–H groups in total. The van der Waals surface area contributed by atoms with Gasteiger partial charge in [-0.2, -0.15) is 0 Å². The van der Waals surface area contributed by atoms with E-state index in [1.54, 1.807) is 17.4 Å². The van der Waals surface area contributed by atoms with E-state index in [2.05, 4.69) is 33.1 Å². The van der Waals surface area contributed by atoms with Crippen LogP contribution in [0.5, 0.6) is 5.75 Å². The van der Waals surface area contributed by atoms with Crippen LogP contribution in [0, 0.1) is 0 Å². The number of carbonyl (C=O) groups excluding carboxylic acids is 1. The van der Waals surface area contributed by atoms with E-state index in [1.807, 2.05) is 23.1 Å². The quantitative estimate of drug-likeness (QED) is 0.390. The molecule has 1 atom stereocenters. The van der Waals surface area contributed by atoms with Crippen molar-refractivity contribution in [2.75, 3.05) is 12.3 Å². The zero-order valence-electron chi connectivity index (χ0n) is 17.9. The standard InChI is InChI=1S/C23H25ClN4O2S2/c1-2-18-16-10-12-31-20(16)9-11-27(18)22(29)14-32-23-26-25-21(28(23)15-7-8-15)13-30-19-6-4-3-5-17(19)24/h3-6,10,12,15,18H,2,7-9,11,13-14H2,1H3. The SMILES string of the molecule is CCC1c2ccsc2CCN1C(=O)CSc1nnc(COc2ccccc2Cl)n1C1CC1. The maximum atomic E-state index is 13.1. The lowest BCUT2D eigenvalue weighted by Crippen LogP contribution is -2.40. The van der Waals surface area contributed by atoms with Gasteiger partial charge < -0.3 is 9.64 Å². The normalized spacial score (nSPS) is 17.9. The van der Waals surface area contributed by atoms with Gasteiger partial charge >= 0.3 is 0 Å². The smallest absolute Gasteiger partial charge is 0.233 e. The summed E-state index contributed by atoms with van der Waals surface area (Å²) in [7, 11) is 0. The highest BCUT2D eigenvalue weighted by Gasteiger charge is 2.32. The molecule has 5 rings (SSSR count). The van der Waals surface area contributed by atoms with Crippen LogP contribution in [0.15, 0.2) is 40.9 Å². The number of nitrogens with zero attached hydrogens (tertiary/aromatic N) is 4. The van der Waals surface area contributed by atoms with Gasteiger partial charge in [0, 0.05) is 17.5 Å². The number of carbonyl (C=O) groups is 1. The summed E-state index contributed by atoms with van der Waals surface area (Å²) in [6, 6.07) is 10.2. The Bertz CT molecular complexity index is 1110. The van der Waals surface area contributed by atoms with Gasteiger partial charge in [0.25, 0.3) is 0 Å². The second kappa shape index (κ2) is 9.45. The Kier molecular flexibility index (Phi) is 6.44. The first kappa shape index (κ1) is 21.8. The van der Waals surface area contributed by atoms with Crippen LogP contribution in [0.2, 0.25) is 5.02 Å². The number of para-hydroxylation sites is 1. The first-order chi connectivity index (χ1) is 15.7. The molecule has 168 valence electrons. The summed E-state index contributed by atoms with van der Waals surface area (Å²) < 4.78 is 8.03. The molecule has 32 heavy (non-hydrogen) atoms. The van der Waals surface area contributed by atoms with Crippen LogP contribution in [0.4, 0.5) is 0 Å². The topological polar surface area (TPSA) is 60.3 Å². The number of hydrogen-bond acceptors (Lipinski definition) is 6. The Hall–Kier alpha value is -2.03. The Balaban J connectivity index is 1.26. The van der Waals surface area contributed by atoms with E-state index >= 15 is 0 Å². The van der Waals surface area contributed by atoms with Gasteiger partial charge in [0.2, 0.25) is 5.91 Å². The number of thiophene rings is 1. The first-order valence-electron chi connectivity index (χ1n) is 10.9. The molecule has 0 spiro atoms. The lowest BCUT2D eigenvalue weighted by molar-refractivity contribution is -0.131. The summed E-state index contributed by atoms with van der Waals surface area (Å²) in [6.07, 6.45) is 4.08. The number of thioether (sulfide) groups is 1. The number of benzene rings is 1. The largest absolute Gasteiger partial charge is 0.484 e. The van der Waals surface area contributed by atoms with Crippen LogP contribution in [0.25, 0.3) is 0 Å². The molecular weight excluding hydrogens is 464 g/mol. The summed E-state index contributed by atoms with van der Waals surface area (Å²) in [5.41, 5.74) is 1.32. The minimum absolute atomic E-state index is 0.165. The number of amides is 1. The fraction of sp³-hybridized carbons (Fsp3) is 0.435. The highest BCUT2D eigenvalue weighted by atomic mass is 35.5. The molecule has 1 fully saturated rings. The van der Waals surface area contributed by atoms with Crippen LogP contribution in [0.3, 0.4) is 0 Å². The second-order valence-electron chi connectivity index (χ2n) is 8.07. The maximum absolute atomic E-state index is 13.1. The number of rotatable bonds is 8. The van der Waals surface area contributed by atoms with E-state index in [0.717, 1.165) is 43.2 Å². The molecule has 2 aromatic heterocycles. The molecule has 3 aromatic rings. The minimum atomic E-state index is 0.165. The van der Waals surface area contributed by atoms with Crippen LogP contribution in [-0.4, -0.2) is 37.9 Å². The molecule has 1 aromatic carbocycles. The molecule has 1 saturated carbocycles. The number of hydrogen-bond donors (Lipinski definition) is 0. The molecule has 0 radical (unpaired) electrons.